The number of hydrogen-bond acceptors (Lipinski definition) is 3. The lowest BCUT2D eigenvalue weighted by Gasteiger charge is -2.16. The molecule has 0 saturated heterocycles. The van der Waals surface area contributed by atoms with Gasteiger partial charge >= 0.3 is 5.97 Å². The molecule has 1 heterocycles. The number of carbonyl (C=O) groups is 1. The van der Waals surface area contributed by atoms with E-state index >= 15 is 0 Å². The van der Waals surface area contributed by atoms with E-state index in [1.165, 1.54) is 0 Å². The predicted octanol–water partition coefficient (Wildman–Crippen LogP) is 1.76. The number of carboxylic acid groups (broad SMARTS) is 1. The molecule has 0 aliphatic heterocycles. The molecule has 14 heavy (non-hydrogen) atoms. The van der Waals surface area contributed by atoms with Gasteiger partial charge in [-0.25, -0.2) is 4.98 Å². The summed E-state index contributed by atoms with van der Waals surface area (Å²) in [5.74, 6) is -0.0347. The summed E-state index contributed by atoms with van der Waals surface area (Å²) in [7, 11) is 1.82. The van der Waals surface area contributed by atoms with Gasteiger partial charge in [-0.2, -0.15) is 0 Å². The van der Waals surface area contributed by atoms with Crippen LogP contribution in [-0.4, -0.2) is 29.7 Å². The van der Waals surface area contributed by atoms with E-state index in [1.54, 1.807) is 11.1 Å². The number of pyridine rings is 1. The van der Waals surface area contributed by atoms with Gasteiger partial charge in [-0.3, -0.25) is 4.79 Å². The van der Waals surface area contributed by atoms with Crippen LogP contribution in [0.5, 0.6) is 0 Å². The second kappa shape index (κ2) is 4.95. The molecule has 0 aliphatic carbocycles. The molecule has 4 nitrogen and oxygen atoms in total. The van der Waals surface area contributed by atoms with Gasteiger partial charge in [0, 0.05) is 24.3 Å². The fourth-order valence-electron chi connectivity index (χ4n) is 0.980. The van der Waals surface area contributed by atoms with E-state index in [0.717, 1.165) is 10.3 Å². The third kappa shape index (κ3) is 3.33. The first-order valence-electron chi connectivity index (χ1n) is 4.14. The third-order valence-corrected chi connectivity index (χ3v) is 2.25. The Morgan fingerprint density at radius 3 is 3.00 bits per heavy atom. The van der Waals surface area contributed by atoms with Crippen LogP contribution in [0.25, 0.3) is 0 Å². The lowest BCUT2D eigenvalue weighted by Crippen LogP contribution is -2.21. The van der Waals surface area contributed by atoms with Crippen molar-refractivity contribution in [3.8, 4) is 0 Å². The molecule has 1 rings (SSSR count). The summed E-state index contributed by atoms with van der Waals surface area (Å²) >= 11 is 3.33. The maximum Gasteiger partial charge on any atom is 0.305 e. The number of anilines is 1. The monoisotopic (exact) mass is 258 g/mol. The number of rotatable bonds is 4. The van der Waals surface area contributed by atoms with E-state index in [0.29, 0.717) is 6.54 Å². The molecule has 5 heteroatoms. The molecule has 76 valence electrons. The molecule has 0 spiro atoms. The van der Waals surface area contributed by atoms with Crippen LogP contribution in [0.4, 0.5) is 5.82 Å². The average molecular weight is 259 g/mol. The Morgan fingerprint density at radius 1 is 1.71 bits per heavy atom. The molecular weight excluding hydrogens is 248 g/mol. The smallest absolute Gasteiger partial charge is 0.305 e. The van der Waals surface area contributed by atoms with Gasteiger partial charge in [0.1, 0.15) is 5.82 Å². The Bertz CT molecular complexity index is 330. The van der Waals surface area contributed by atoms with Crippen LogP contribution in [0, 0.1) is 0 Å². The molecule has 1 N–H and O–H groups in total. The van der Waals surface area contributed by atoms with Crippen LogP contribution in [0.3, 0.4) is 0 Å². The average Bonchev–Trinajstić information content (AvgIpc) is 2.14. The van der Waals surface area contributed by atoms with E-state index in [4.69, 9.17) is 5.11 Å². The van der Waals surface area contributed by atoms with Crippen molar-refractivity contribution in [3.63, 3.8) is 0 Å². The minimum Gasteiger partial charge on any atom is -0.481 e. The zero-order valence-electron chi connectivity index (χ0n) is 7.77. The summed E-state index contributed by atoms with van der Waals surface area (Å²) in [5, 5.41) is 8.51. The van der Waals surface area contributed by atoms with Crippen molar-refractivity contribution in [1.82, 2.24) is 4.98 Å². The predicted molar refractivity (Wildman–Crippen MR) is 57.5 cm³/mol. The Kier molecular flexibility index (Phi) is 3.88. The summed E-state index contributed by atoms with van der Waals surface area (Å²) in [6.07, 6.45) is 1.79. The molecule has 0 atom stereocenters. The maximum atomic E-state index is 10.3. The number of carboxylic acids is 1. The Labute approximate surface area is 90.7 Å². The molecule has 0 amide bonds. The highest BCUT2D eigenvalue weighted by atomic mass is 79.9. The van der Waals surface area contributed by atoms with Crippen molar-refractivity contribution in [1.29, 1.82) is 0 Å². The van der Waals surface area contributed by atoms with Crippen LogP contribution < -0.4 is 4.90 Å². The fourth-order valence-corrected chi connectivity index (χ4v) is 1.30. The molecule has 0 saturated carbocycles. The third-order valence-electron chi connectivity index (χ3n) is 1.76. The molecule has 0 bridgehead atoms. The van der Waals surface area contributed by atoms with E-state index in [2.05, 4.69) is 20.9 Å². The minimum absolute atomic E-state index is 0.116. The lowest BCUT2D eigenvalue weighted by atomic mass is 10.4. The van der Waals surface area contributed by atoms with Crippen LogP contribution in [0.1, 0.15) is 6.42 Å². The van der Waals surface area contributed by atoms with E-state index < -0.39 is 5.97 Å². The zero-order chi connectivity index (χ0) is 10.6. The maximum absolute atomic E-state index is 10.3. The molecule has 0 unspecified atom stereocenters. The summed E-state index contributed by atoms with van der Waals surface area (Å²) in [6.45, 7) is 0.457. The van der Waals surface area contributed by atoms with Gasteiger partial charge in [0.05, 0.1) is 6.42 Å². The quantitative estimate of drug-likeness (QED) is 0.895. The number of aliphatic carboxylic acids is 1. The van der Waals surface area contributed by atoms with Gasteiger partial charge < -0.3 is 10.0 Å². The highest BCUT2D eigenvalue weighted by Crippen LogP contribution is 2.15. The van der Waals surface area contributed by atoms with Gasteiger partial charge in [0.25, 0.3) is 0 Å². The standard InChI is InChI=1S/C9H11BrN2O2/c1-12(5-3-9(13)14)8-6-7(10)2-4-11-8/h2,4,6H,3,5H2,1H3,(H,13,14). The van der Waals surface area contributed by atoms with Crippen molar-refractivity contribution in [2.45, 2.75) is 6.42 Å². The topological polar surface area (TPSA) is 53.4 Å². The molecular formula is C9H11BrN2O2. The zero-order valence-corrected chi connectivity index (χ0v) is 9.36. The second-order valence-corrected chi connectivity index (χ2v) is 3.81. The Hall–Kier alpha value is -1.10. The first-order chi connectivity index (χ1) is 6.59. The van der Waals surface area contributed by atoms with Gasteiger partial charge in [0.15, 0.2) is 0 Å². The number of halogens is 1. The van der Waals surface area contributed by atoms with E-state index in [1.807, 2.05) is 19.2 Å². The van der Waals surface area contributed by atoms with Gasteiger partial charge in [-0.1, -0.05) is 15.9 Å². The number of nitrogens with zero attached hydrogens (tertiary/aromatic N) is 2. The molecule has 1 aromatic heterocycles. The lowest BCUT2D eigenvalue weighted by molar-refractivity contribution is -0.136. The van der Waals surface area contributed by atoms with E-state index in [9.17, 15) is 4.79 Å². The van der Waals surface area contributed by atoms with Crippen LogP contribution >= 0.6 is 15.9 Å². The largest absolute Gasteiger partial charge is 0.481 e. The normalized spacial score (nSPS) is 9.86. The SMILES string of the molecule is CN(CCC(=O)O)c1cc(Br)ccn1. The van der Waals surface area contributed by atoms with Crippen molar-refractivity contribution < 1.29 is 9.90 Å². The fraction of sp³-hybridized carbons (Fsp3) is 0.333. The summed E-state index contributed by atoms with van der Waals surface area (Å²) < 4.78 is 0.935. The molecule has 0 aliphatic rings. The van der Waals surface area contributed by atoms with Crippen LogP contribution in [0.2, 0.25) is 0 Å². The van der Waals surface area contributed by atoms with Crippen molar-refractivity contribution in [2.24, 2.45) is 0 Å². The van der Waals surface area contributed by atoms with Gasteiger partial charge in [-0.15, -0.1) is 0 Å². The summed E-state index contributed by atoms with van der Waals surface area (Å²) in [5.41, 5.74) is 0. The highest BCUT2D eigenvalue weighted by molar-refractivity contribution is 9.10. The highest BCUT2D eigenvalue weighted by Gasteiger charge is 2.04. The van der Waals surface area contributed by atoms with Crippen molar-refractivity contribution in [2.75, 3.05) is 18.5 Å². The van der Waals surface area contributed by atoms with Crippen molar-refractivity contribution in [3.05, 3.63) is 22.8 Å². The first-order valence-corrected chi connectivity index (χ1v) is 4.93. The Morgan fingerprint density at radius 2 is 2.43 bits per heavy atom. The summed E-state index contributed by atoms with van der Waals surface area (Å²) in [6, 6.07) is 3.68. The molecule has 0 fully saturated rings. The van der Waals surface area contributed by atoms with Crippen molar-refractivity contribution >= 4 is 27.7 Å². The van der Waals surface area contributed by atoms with E-state index in [-0.39, 0.29) is 6.42 Å². The van der Waals surface area contributed by atoms with Crippen LogP contribution in [0.15, 0.2) is 22.8 Å². The first kappa shape index (κ1) is 11.0. The van der Waals surface area contributed by atoms with Crippen LogP contribution in [-0.2, 0) is 4.79 Å². The molecule has 0 radical (unpaired) electrons. The molecule has 1 aromatic rings. The van der Waals surface area contributed by atoms with Gasteiger partial charge in [0.2, 0.25) is 0 Å². The number of aromatic nitrogens is 1. The Balaban J connectivity index is 2.60. The number of hydrogen-bond donors (Lipinski definition) is 1. The minimum atomic E-state index is -0.799. The van der Waals surface area contributed by atoms with Gasteiger partial charge in [-0.05, 0) is 12.1 Å². The second-order valence-electron chi connectivity index (χ2n) is 2.90. The summed E-state index contributed by atoms with van der Waals surface area (Å²) in [4.78, 5) is 16.3. The molecule has 0 aromatic carbocycles.